The Morgan fingerprint density at radius 1 is 0.889 bits per heavy atom. The largest absolute Gasteiger partial charge is 0.356 e. The predicted molar refractivity (Wildman–Crippen MR) is 102 cm³/mol. The van der Waals surface area contributed by atoms with Crippen molar-refractivity contribution in [2.24, 2.45) is 0 Å². The van der Waals surface area contributed by atoms with Gasteiger partial charge in [0, 0.05) is 11.9 Å². The topological polar surface area (TPSA) is 43.9 Å². The summed E-state index contributed by atoms with van der Waals surface area (Å²) in [6.45, 7) is 0.617. The zero-order chi connectivity index (χ0) is 18.2. The molecule has 5 aromatic rings. The van der Waals surface area contributed by atoms with Crippen molar-refractivity contribution in [1.29, 1.82) is 0 Å². The summed E-state index contributed by atoms with van der Waals surface area (Å²) >= 11 is 0. The van der Waals surface area contributed by atoms with Gasteiger partial charge in [0.05, 0.1) is 23.1 Å². The van der Waals surface area contributed by atoms with Gasteiger partial charge in [0.25, 0.3) is 0 Å². The molecule has 5 rings (SSSR count). The standard InChI is InChI=1S/C22H16FN3O/c23-16-11-9-15(10-12-16)14-26-20-7-3-2-6-18(20)24-22(26)13-19-17-5-1-4-8-21(17)27-25-19/h1-12H,13-14H2. The number of benzene rings is 3. The maximum absolute atomic E-state index is 13.3. The zero-order valence-corrected chi connectivity index (χ0v) is 14.5. The van der Waals surface area contributed by atoms with Gasteiger partial charge >= 0.3 is 0 Å². The molecule has 0 N–H and O–H groups in total. The molecule has 4 nitrogen and oxygen atoms in total. The molecule has 0 spiro atoms. The average Bonchev–Trinajstić information content (AvgIpc) is 3.26. The number of para-hydroxylation sites is 3. The highest BCUT2D eigenvalue weighted by Gasteiger charge is 2.15. The maximum Gasteiger partial charge on any atom is 0.167 e. The molecule has 132 valence electrons. The fourth-order valence-corrected chi connectivity index (χ4v) is 3.42. The first kappa shape index (κ1) is 15.8. The normalized spacial score (nSPS) is 11.4. The van der Waals surface area contributed by atoms with Crippen molar-refractivity contribution >= 4 is 22.0 Å². The Morgan fingerprint density at radius 3 is 2.56 bits per heavy atom. The Labute approximate surface area is 154 Å². The number of rotatable bonds is 4. The molecule has 0 atom stereocenters. The summed E-state index contributed by atoms with van der Waals surface area (Å²) in [5.74, 6) is 0.670. The SMILES string of the molecule is Fc1ccc(Cn2c(Cc3noc4ccccc34)nc3ccccc32)cc1. The Hall–Kier alpha value is -3.47. The van der Waals surface area contributed by atoms with Crippen molar-refractivity contribution in [1.82, 2.24) is 14.7 Å². The molecule has 0 saturated heterocycles. The fourth-order valence-electron chi connectivity index (χ4n) is 3.42. The summed E-state index contributed by atoms with van der Waals surface area (Å²) in [6, 6.07) is 22.4. The Morgan fingerprint density at radius 2 is 1.67 bits per heavy atom. The van der Waals surface area contributed by atoms with Crippen molar-refractivity contribution in [3.8, 4) is 0 Å². The second kappa shape index (κ2) is 6.36. The molecule has 0 bridgehead atoms. The van der Waals surface area contributed by atoms with Crippen LogP contribution in [-0.2, 0) is 13.0 Å². The Bertz CT molecular complexity index is 1240. The van der Waals surface area contributed by atoms with Crippen LogP contribution in [0.1, 0.15) is 17.1 Å². The van der Waals surface area contributed by atoms with E-state index in [2.05, 4.69) is 15.8 Å². The third-order valence-electron chi connectivity index (χ3n) is 4.77. The molecule has 0 aliphatic carbocycles. The van der Waals surface area contributed by atoms with Gasteiger partial charge in [-0.05, 0) is 42.0 Å². The highest BCUT2D eigenvalue weighted by Crippen LogP contribution is 2.24. The van der Waals surface area contributed by atoms with Gasteiger partial charge in [0.2, 0.25) is 0 Å². The van der Waals surface area contributed by atoms with E-state index in [-0.39, 0.29) is 5.82 Å². The van der Waals surface area contributed by atoms with E-state index >= 15 is 0 Å². The Balaban J connectivity index is 1.60. The van der Waals surface area contributed by atoms with Crippen LogP contribution >= 0.6 is 0 Å². The van der Waals surface area contributed by atoms with Crippen molar-refractivity contribution in [3.05, 3.63) is 95.7 Å². The molecule has 0 unspecified atom stereocenters. The summed E-state index contributed by atoms with van der Waals surface area (Å²) in [5, 5.41) is 5.24. The summed E-state index contributed by atoms with van der Waals surface area (Å²) in [7, 11) is 0. The van der Waals surface area contributed by atoms with Gasteiger partial charge < -0.3 is 9.09 Å². The van der Waals surface area contributed by atoms with Gasteiger partial charge in [-0.2, -0.15) is 0 Å². The van der Waals surface area contributed by atoms with Gasteiger partial charge in [-0.3, -0.25) is 0 Å². The first-order valence-electron chi connectivity index (χ1n) is 8.80. The highest BCUT2D eigenvalue weighted by atomic mass is 19.1. The van der Waals surface area contributed by atoms with Gasteiger partial charge in [0.1, 0.15) is 11.6 Å². The van der Waals surface area contributed by atoms with E-state index < -0.39 is 0 Å². The molecule has 3 aromatic carbocycles. The van der Waals surface area contributed by atoms with E-state index in [1.807, 2.05) is 42.5 Å². The van der Waals surface area contributed by atoms with Crippen LogP contribution in [0.15, 0.2) is 77.3 Å². The van der Waals surface area contributed by atoms with Crippen molar-refractivity contribution in [2.75, 3.05) is 0 Å². The minimum absolute atomic E-state index is 0.233. The lowest BCUT2D eigenvalue weighted by atomic mass is 10.1. The van der Waals surface area contributed by atoms with E-state index in [9.17, 15) is 4.39 Å². The molecule has 0 amide bonds. The number of aromatic nitrogens is 3. The fraction of sp³-hybridized carbons (Fsp3) is 0.0909. The molecule has 27 heavy (non-hydrogen) atoms. The van der Waals surface area contributed by atoms with Crippen LogP contribution in [0.5, 0.6) is 0 Å². The molecule has 0 aliphatic rings. The van der Waals surface area contributed by atoms with Crippen molar-refractivity contribution < 1.29 is 8.91 Å². The van der Waals surface area contributed by atoms with Crippen molar-refractivity contribution in [2.45, 2.75) is 13.0 Å². The monoisotopic (exact) mass is 357 g/mol. The molecular weight excluding hydrogens is 341 g/mol. The van der Waals surface area contributed by atoms with E-state index in [4.69, 9.17) is 9.51 Å². The summed E-state index contributed by atoms with van der Waals surface area (Å²) in [4.78, 5) is 4.82. The molecule has 0 radical (unpaired) electrons. The van der Waals surface area contributed by atoms with Crippen LogP contribution in [0.3, 0.4) is 0 Å². The van der Waals surface area contributed by atoms with Crippen LogP contribution in [0.2, 0.25) is 0 Å². The predicted octanol–water partition coefficient (Wildman–Crippen LogP) is 4.96. The first-order chi connectivity index (χ1) is 13.3. The van der Waals surface area contributed by atoms with Gasteiger partial charge in [-0.15, -0.1) is 0 Å². The van der Waals surface area contributed by atoms with Crippen LogP contribution in [-0.4, -0.2) is 14.7 Å². The quantitative estimate of drug-likeness (QED) is 0.457. The minimum Gasteiger partial charge on any atom is -0.356 e. The smallest absolute Gasteiger partial charge is 0.167 e. The van der Waals surface area contributed by atoms with E-state index in [1.54, 1.807) is 12.1 Å². The highest BCUT2D eigenvalue weighted by molar-refractivity contribution is 5.80. The van der Waals surface area contributed by atoms with Crippen LogP contribution < -0.4 is 0 Å². The molecule has 2 heterocycles. The zero-order valence-electron chi connectivity index (χ0n) is 14.5. The van der Waals surface area contributed by atoms with Crippen LogP contribution in [0.4, 0.5) is 4.39 Å². The van der Waals surface area contributed by atoms with Crippen LogP contribution in [0.25, 0.3) is 22.0 Å². The number of hydrogen-bond donors (Lipinski definition) is 0. The molecule has 5 heteroatoms. The molecule has 0 saturated carbocycles. The van der Waals surface area contributed by atoms with E-state index in [0.717, 1.165) is 39.1 Å². The van der Waals surface area contributed by atoms with Crippen molar-refractivity contribution in [3.63, 3.8) is 0 Å². The third-order valence-corrected chi connectivity index (χ3v) is 4.77. The lowest BCUT2D eigenvalue weighted by Gasteiger charge is -2.09. The molecule has 0 aliphatic heterocycles. The lowest BCUT2D eigenvalue weighted by Crippen LogP contribution is -2.06. The maximum atomic E-state index is 13.3. The van der Waals surface area contributed by atoms with Gasteiger partial charge in [-0.1, -0.05) is 41.6 Å². The number of halogens is 1. The number of nitrogens with zero attached hydrogens (tertiary/aromatic N) is 3. The number of hydrogen-bond acceptors (Lipinski definition) is 3. The molecular formula is C22H16FN3O. The summed E-state index contributed by atoms with van der Waals surface area (Å²) in [5.41, 5.74) is 4.63. The van der Waals surface area contributed by atoms with Crippen LogP contribution in [0, 0.1) is 5.82 Å². The second-order valence-corrected chi connectivity index (χ2v) is 6.53. The van der Waals surface area contributed by atoms with Gasteiger partial charge in [0.15, 0.2) is 5.58 Å². The van der Waals surface area contributed by atoms with E-state index in [1.165, 1.54) is 12.1 Å². The minimum atomic E-state index is -0.233. The molecule has 0 fully saturated rings. The third kappa shape index (κ3) is 2.87. The summed E-state index contributed by atoms with van der Waals surface area (Å²) in [6.07, 6.45) is 0.562. The van der Waals surface area contributed by atoms with E-state index in [0.29, 0.717) is 13.0 Å². The first-order valence-corrected chi connectivity index (χ1v) is 8.80. The summed E-state index contributed by atoms with van der Waals surface area (Å²) < 4.78 is 20.9. The van der Waals surface area contributed by atoms with Gasteiger partial charge in [-0.25, -0.2) is 9.37 Å². The number of fused-ring (bicyclic) bond motifs is 2. The number of imidazole rings is 1. The second-order valence-electron chi connectivity index (χ2n) is 6.53. The molecule has 2 aromatic heterocycles. The Kier molecular flexibility index (Phi) is 3.71. The lowest BCUT2D eigenvalue weighted by molar-refractivity contribution is 0.447. The average molecular weight is 357 g/mol.